The molecule has 18 heavy (non-hydrogen) atoms. The van der Waals surface area contributed by atoms with E-state index in [0.29, 0.717) is 11.8 Å². The van der Waals surface area contributed by atoms with Gasteiger partial charge < -0.3 is 0 Å². The Morgan fingerprint density at radius 1 is 1.33 bits per heavy atom. The Labute approximate surface area is 113 Å². The van der Waals surface area contributed by atoms with Crippen LogP contribution in [0.15, 0.2) is 5.10 Å². The molecule has 0 aromatic rings. The minimum Gasteiger partial charge on any atom is -0.293 e. The summed E-state index contributed by atoms with van der Waals surface area (Å²) in [5.41, 5.74) is 3.59. The Balaban J connectivity index is 2.02. The molecule has 1 aliphatic carbocycles. The van der Waals surface area contributed by atoms with Gasteiger partial charge in [-0.2, -0.15) is 5.10 Å². The van der Waals surface area contributed by atoms with Gasteiger partial charge in [0, 0.05) is 0 Å². The molecule has 1 fully saturated rings. The van der Waals surface area contributed by atoms with Crippen molar-refractivity contribution in [2.45, 2.75) is 56.6 Å². The van der Waals surface area contributed by atoms with E-state index >= 15 is 0 Å². The normalized spacial score (nSPS) is 30.1. The van der Waals surface area contributed by atoms with Crippen molar-refractivity contribution < 1.29 is 10.1 Å². The molecule has 0 unspecified atom stereocenters. The van der Waals surface area contributed by atoms with Gasteiger partial charge in [-0.25, -0.2) is 5.43 Å². The molecule has 102 valence electrons. The number of hydrazone groups is 1. The average molecular weight is 271 g/mol. The van der Waals surface area contributed by atoms with Gasteiger partial charge in [-0.15, -0.1) is 0 Å². The number of carbonyl (C=O) groups excluding carboxylic acids is 1. The molecular weight excluding hydrogens is 248 g/mol. The molecule has 1 atom stereocenters. The van der Waals surface area contributed by atoms with E-state index in [4.69, 9.17) is 0 Å². The van der Waals surface area contributed by atoms with Crippen LogP contribution in [0.5, 0.6) is 0 Å². The number of quaternary nitrogens is 1. The highest BCUT2D eigenvalue weighted by molar-refractivity contribution is 7.99. The molecule has 0 bridgehead atoms. The Morgan fingerprint density at radius 3 is 2.56 bits per heavy atom. The number of carbonyl (C=O) groups is 1. The van der Waals surface area contributed by atoms with Crippen LogP contribution in [-0.4, -0.2) is 29.0 Å². The predicted octanol–water partition coefficient (Wildman–Crippen LogP) is 0.342. The zero-order chi connectivity index (χ0) is 13.0. The van der Waals surface area contributed by atoms with Crippen molar-refractivity contribution >= 4 is 23.4 Å². The molecule has 2 aliphatic rings. The smallest absolute Gasteiger partial charge is 0.293 e. The van der Waals surface area contributed by atoms with Gasteiger partial charge >= 0.3 is 5.12 Å². The standard InChI is InChI=1S/C12H22N4OS/c1-9-11(17)14-12(18-2,16-15-9)13-10-7-5-3-4-6-8-10/h10,13,16H,3-8H2,1-2H3,(H,14,17)/p+1/t12-/m1/s1. The van der Waals surface area contributed by atoms with Crippen molar-refractivity contribution in [1.82, 2.24) is 10.7 Å². The highest BCUT2D eigenvalue weighted by Crippen LogP contribution is 2.17. The van der Waals surface area contributed by atoms with Crippen LogP contribution < -0.4 is 16.1 Å². The summed E-state index contributed by atoms with van der Waals surface area (Å²) >= 11 is 1.59. The fourth-order valence-corrected chi connectivity index (χ4v) is 3.22. The van der Waals surface area contributed by atoms with Crippen LogP contribution in [0.3, 0.4) is 0 Å². The van der Waals surface area contributed by atoms with E-state index in [2.05, 4.69) is 21.2 Å². The third-order valence-electron chi connectivity index (χ3n) is 3.71. The van der Waals surface area contributed by atoms with Crippen LogP contribution in [0, 0.1) is 0 Å². The summed E-state index contributed by atoms with van der Waals surface area (Å²) in [6.45, 7) is 1.72. The van der Waals surface area contributed by atoms with E-state index in [0.717, 1.165) is 0 Å². The Kier molecular flexibility index (Phi) is 4.50. The van der Waals surface area contributed by atoms with Crippen LogP contribution in [0.25, 0.3) is 0 Å². The highest BCUT2D eigenvalue weighted by Gasteiger charge is 2.40. The largest absolute Gasteiger partial charge is 0.316 e. The topological polar surface area (TPSA) is 70.1 Å². The molecule has 0 aromatic carbocycles. The molecule has 0 saturated heterocycles. The first-order valence-corrected chi connectivity index (χ1v) is 7.93. The Morgan fingerprint density at radius 2 is 2.00 bits per heavy atom. The van der Waals surface area contributed by atoms with Crippen molar-refractivity contribution in [2.75, 3.05) is 6.26 Å². The molecule has 4 N–H and O–H groups in total. The number of hydrogen-bond donors (Lipinski definition) is 3. The average Bonchev–Trinajstić information content (AvgIpc) is 2.63. The zero-order valence-corrected chi connectivity index (χ0v) is 12.0. The molecule has 2 rings (SSSR count). The summed E-state index contributed by atoms with van der Waals surface area (Å²) in [6.07, 6.45) is 9.72. The zero-order valence-electron chi connectivity index (χ0n) is 11.2. The van der Waals surface area contributed by atoms with Crippen LogP contribution in [0.1, 0.15) is 45.4 Å². The van der Waals surface area contributed by atoms with Gasteiger partial charge in [-0.1, -0.05) is 12.8 Å². The number of hydrogen-bond acceptors (Lipinski definition) is 4. The number of nitrogens with zero attached hydrogens (tertiary/aromatic N) is 1. The van der Waals surface area contributed by atoms with Crippen LogP contribution in [-0.2, 0) is 4.79 Å². The minimum atomic E-state index is -0.522. The molecule has 1 heterocycles. The second-order valence-corrected chi connectivity index (χ2v) is 6.17. The first-order chi connectivity index (χ1) is 8.65. The number of thioether (sulfide) groups is 1. The van der Waals surface area contributed by atoms with Gasteiger partial charge in [-0.3, -0.25) is 15.4 Å². The van der Waals surface area contributed by atoms with E-state index in [1.165, 1.54) is 38.5 Å². The Hall–Kier alpha value is -0.750. The van der Waals surface area contributed by atoms with Crippen LogP contribution in [0.4, 0.5) is 0 Å². The quantitative estimate of drug-likeness (QED) is 0.512. The van der Waals surface area contributed by atoms with E-state index < -0.39 is 5.12 Å². The first kappa shape index (κ1) is 13.7. The molecule has 0 radical (unpaired) electrons. The lowest BCUT2D eigenvalue weighted by molar-refractivity contribution is -0.743. The molecular formula is C12H23N4OS+. The van der Waals surface area contributed by atoms with Gasteiger partial charge in [0.25, 0.3) is 5.91 Å². The summed E-state index contributed by atoms with van der Waals surface area (Å²) in [5, 5.41) is 8.88. The van der Waals surface area contributed by atoms with Crippen molar-refractivity contribution in [3.05, 3.63) is 0 Å². The number of rotatable bonds is 3. The van der Waals surface area contributed by atoms with Crippen molar-refractivity contribution in [1.29, 1.82) is 0 Å². The van der Waals surface area contributed by atoms with E-state index in [9.17, 15) is 4.79 Å². The molecule has 1 aliphatic heterocycles. The number of nitrogens with one attached hydrogen (secondary N) is 2. The van der Waals surface area contributed by atoms with Crippen molar-refractivity contribution in [3.8, 4) is 0 Å². The molecule has 5 nitrogen and oxygen atoms in total. The summed E-state index contributed by atoms with van der Waals surface area (Å²) in [5.74, 6) is -0.0760. The maximum absolute atomic E-state index is 11.8. The highest BCUT2D eigenvalue weighted by atomic mass is 32.2. The molecule has 1 amide bonds. The van der Waals surface area contributed by atoms with Crippen LogP contribution in [0.2, 0.25) is 0 Å². The van der Waals surface area contributed by atoms with Crippen molar-refractivity contribution in [2.24, 2.45) is 5.10 Å². The molecule has 1 saturated carbocycles. The summed E-state index contributed by atoms with van der Waals surface area (Å²) in [6, 6.07) is 0.571. The number of amides is 1. The minimum absolute atomic E-state index is 0.0760. The van der Waals surface area contributed by atoms with Gasteiger partial charge in [-0.05, 0) is 50.6 Å². The summed E-state index contributed by atoms with van der Waals surface area (Å²) < 4.78 is 0. The van der Waals surface area contributed by atoms with Gasteiger partial charge in [0.1, 0.15) is 5.71 Å². The van der Waals surface area contributed by atoms with Gasteiger partial charge in [0.05, 0.1) is 6.04 Å². The summed E-state index contributed by atoms with van der Waals surface area (Å²) in [7, 11) is 0. The second kappa shape index (κ2) is 5.93. The SMILES string of the molecule is CS[C@@]1([NH2+]C2CCCCCC2)NN=C(C)C(=O)N1. The lowest BCUT2D eigenvalue weighted by Gasteiger charge is -2.35. The van der Waals surface area contributed by atoms with Gasteiger partial charge in [0.15, 0.2) is 0 Å². The Bertz CT molecular complexity index is 339. The fourth-order valence-electron chi connectivity index (χ4n) is 2.56. The van der Waals surface area contributed by atoms with Crippen LogP contribution >= 0.6 is 11.8 Å². The monoisotopic (exact) mass is 271 g/mol. The van der Waals surface area contributed by atoms with E-state index in [1.54, 1.807) is 18.7 Å². The van der Waals surface area contributed by atoms with E-state index in [1.807, 2.05) is 6.26 Å². The maximum Gasteiger partial charge on any atom is 0.316 e. The maximum atomic E-state index is 11.8. The lowest BCUT2D eigenvalue weighted by atomic mass is 10.1. The molecule has 0 spiro atoms. The molecule has 6 heteroatoms. The second-order valence-electron chi connectivity index (χ2n) is 5.12. The first-order valence-electron chi connectivity index (χ1n) is 6.70. The fraction of sp³-hybridized carbons (Fsp3) is 0.833. The lowest BCUT2D eigenvalue weighted by Crippen LogP contribution is -3.07. The number of nitrogens with two attached hydrogens (primary N) is 1. The summed E-state index contributed by atoms with van der Waals surface area (Å²) in [4.78, 5) is 11.8. The predicted molar refractivity (Wildman–Crippen MR) is 74.0 cm³/mol. The molecule has 0 aromatic heterocycles. The van der Waals surface area contributed by atoms with Gasteiger partial charge in [0.2, 0.25) is 0 Å². The van der Waals surface area contributed by atoms with E-state index in [-0.39, 0.29) is 5.91 Å². The third-order valence-corrected chi connectivity index (χ3v) is 4.68. The third kappa shape index (κ3) is 3.17. The van der Waals surface area contributed by atoms with Crippen molar-refractivity contribution in [3.63, 3.8) is 0 Å².